The Morgan fingerprint density at radius 3 is 3.00 bits per heavy atom. The first-order valence-electron chi connectivity index (χ1n) is 5.45. The predicted octanol–water partition coefficient (Wildman–Crippen LogP) is 2.15. The Bertz CT molecular complexity index is 601. The van der Waals surface area contributed by atoms with Gasteiger partial charge in [-0.15, -0.1) is 0 Å². The van der Waals surface area contributed by atoms with Gasteiger partial charge in [-0.2, -0.15) is 0 Å². The highest BCUT2D eigenvalue weighted by molar-refractivity contribution is 5.93. The van der Waals surface area contributed by atoms with E-state index in [1.54, 1.807) is 18.9 Å². The van der Waals surface area contributed by atoms with Crippen molar-refractivity contribution in [3.63, 3.8) is 0 Å². The number of rotatable bonds is 2. The lowest BCUT2D eigenvalue weighted by atomic mass is 10.1. The van der Waals surface area contributed by atoms with Crippen molar-refractivity contribution in [2.45, 2.75) is 13.5 Å². The average molecular weight is 226 g/mol. The van der Waals surface area contributed by atoms with E-state index in [0.717, 1.165) is 16.5 Å². The number of amides is 1. The van der Waals surface area contributed by atoms with E-state index in [0.29, 0.717) is 6.54 Å². The van der Waals surface area contributed by atoms with Crippen molar-refractivity contribution in [3.8, 4) is 11.8 Å². The molecule has 1 amide bonds. The molecule has 17 heavy (non-hydrogen) atoms. The van der Waals surface area contributed by atoms with Gasteiger partial charge in [-0.1, -0.05) is 24.1 Å². The first-order chi connectivity index (χ1) is 8.22. The van der Waals surface area contributed by atoms with Crippen LogP contribution in [0.2, 0.25) is 0 Å². The molecule has 3 nitrogen and oxygen atoms in total. The van der Waals surface area contributed by atoms with Crippen LogP contribution in [0.5, 0.6) is 0 Å². The second kappa shape index (κ2) is 4.75. The number of nitrogens with one attached hydrogen (secondary N) is 1. The SMILES string of the molecule is CC#CC(=O)N(C)Cc1cccc2cc[nH]c12. The molecular formula is C14H14N2O. The van der Waals surface area contributed by atoms with E-state index < -0.39 is 0 Å². The molecule has 1 aromatic heterocycles. The summed E-state index contributed by atoms with van der Waals surface area (Å²) < 4.78 is 0. The number of hydrogen-bond acceptors (Lipinski definition) is 1. The Hall–Kier alpha value is -2.21. The Balaban J connectivity index is 2.25. The zero-order valence-electron chi connectivity index (χ0n) is 9.95. The van der Waals surface area contributed by atoms with E-state index >= 15 is 0 Å². The Morgan fingerprint density at radius 1 is 1.41 bits per heavy atom. The Kier molecular flexibility index (Phi) is 3.15. The van der Waals surface area contributed by atoms with Crippen LogP contribution in [0.25, 0.3) is 10.9 Å². The summed E-state index contributed by atoms with van der Waals surface area (Å²) in [6.45, 7) is 2.22. The average Bonchev–Trinajstić information content (AvgIpc) is 2.78. The first-order valence-corrected chi connectivity index (χ1v) is 5.45. The second-order valence-electron chi connectivity index (χ2n) is 3.90. The molecule has 0 aliphatic heterocycles. The lowest BCUT2D eigenvalue weighted by Crippen LogP contribution is -2.24. The third-order valence-electron chi connectivity index (χ3n) is 2.66. The van der Waals surface area contributed by atoms with Crippen molar-refractivity contribution in [1.29, 1.82) is 0 Å². The third-order valence-corrected chi connectivity index (χ3v) is 2.66. The standard InChI is InChI=1S/C14H14N2O/c1-3-5-13(17)16(2)10-12-7-4-6-11-8-9-15-14(11)12/h4,6-9,15H,10H2,1-2H3. The minimum atomic E-state index is -0.156. The van der Waals surface area contributed by atoms with Crippen molar-refractivity contribution in [2.24, 2.45) is 0 Å². The molecule has 3 heteroatoms. The van der Waals surface area contributed by atoms with Gasteiger partial charge in [0.15, 0.2) is 0 Å². The van der Waals surface area contributed by atoms with Gasteiger partial charge in [0.25, 0.3) is 5.91 Å². The van der Waals surface area contributed by atoms with Crippen molar-refractivity contribution < 1.29 is 4.79 Å². The molecule has 0 aliphatic rings. The summed E-state index contributed by atoms with van der Waals surface area (Å²) in [6, 6.07) is 8.08. The molecule has 0 fully saturated rings. The minimum Gasteiger partial charge on any atom is -0.361 e. The third kappa shape index (κ3) is 2.31. The van der Waals surface area contributed by atoms with E-state index in [-0.39, 0.29) is 5.91 Å². The van der Waals surface area contributed by atoms with Gasteiger partial charge in [-0.05, 0) is 29.9 Å². The Labute approximate surface area is 100 Å². The van der Waals surface area contributed by atoms with Crippen LogP contribution in [0, 0.1) is 11.8 Å². The first kappa shape index (κ1) is 11.3. The molecule has 0 spiro atoms. The number of fused-ring (bicyclic) bond motifs is 1. The minimum absolute atomic E-state index is 0.156. The fraction of sp³-hybridized carbons (Fsp3) is 0.214. The molecule has 86 valence electrons. The topological polar surface area (TPSA) is 36.1 Å². The van der Waals surface area contributed by atoms with Gasteiger partial charge in [-0.25, -0.2) is 0 Å². The predicted molar refractivity (Wildman–Crippen MR) is 68.2 cm³/mol. The number of para-hydroxylation sites is 1. The van der Waals surface area contributed by atoms with Crippen LogP contribution in [0.15, 0.2) is 30.5 Å². The maximum atomic E-state index is 11.6. The molecule has 0 unspecified atom stereocenters. The highest BCUT2D eigenvalue weighted by atomic mass is 16.2. The number of benzene rings is 1. The van der Waals surface area contributed by atoms with Crippen LogP contribution in [0.3, 0.4) is 0 Å². The number of hydrogen-bond donors (Lipinski definition) is 1. The molecule has 1 heterocycles. The van der Waals surface area contributed by atoms with E-state index in [4.69, 9.17) is 0 Å². The zero-order chi connectivity index (χ0) is 12.3. The smallest absolute Gasteiger partial charge is 0.298 e. The molecule has 0 aliphatic carbocycles. The Morgan fingerprint density at radius 2 is 2.24 bits per heavy atom. The lowest BCUT2D eigenvalue weighted by Gasteiger charge is -2.14. The van der Waals surface area contributed by atoms with Gasteiger partial charge in [0, 0.05) is 19.8 Å². The molecule has 2 rings (SSSR count). The number of carbonyl (C=O) groups excluding carboxylic acids is 1. The van der Waals surface area contributed by atoms with Crippen molar-refractivity contribution in [3.05, 3.63) is 36.0 Å². The quantitative estimate of drug-likeness (QED) is 0.782. The highest BCUT2D eigenvalue weighted by Gasteiger charge is 2.08. The molecule has 2 aromatic rings. The molecule has 0 bridgehead atoms. The molecule has 1 aromatic carbocycles. The van der Waals surface area contributed by atoms with E-state index in [1.807, 2.05) is 30.5 Å². The molecular weight excluding hydrogens is 212 g/mol. The van der Waals surface area contributed by atoms with Gasteiger partial charge < -0.3 is 9.88 Å². The van der Waals surface area contributed by atoms with E-state index in [2.05, 4.69) is 16.8 Å². The van der Waals surface area contributed by atoms with Gasteiger partial charge in [0.2, 0.25) is 0 Å². The van der Waals surface area contributed by atoms with Crippen LogP contribution in [0.4, 0.5) is 0 Å². The second-order valence-corrected chi connectivity index (χ2v) is 3.90. The summed E-state index contributed by atoms with van der Waals surface area (Å²) >= 11 is 0. The summed E-state index contributed by atoms with van der Waals surface area (Å²) in [4.78, 5) is 16.4. The maximum absolute atomic E-state index is 11.6. The maximum Gasteiger partial charge on any atom is 0.298 e. The molecule has 0 saturated heterocycles. The number of aromatic amines is 1. The molecule has 1 N–H and O–H groups in total. The van der Waals surface area contributed by atoms with Crippen LogP contribution in [0.1, 0.15) is 12.5 Å². The lowest BCUT2D eigenvalue weighted by molar-refractivity contribution is -0.124. The number of nitrogens with zero attached hydrogens (tertiary/aromatic N) is 1. The summed E-state index contributed by atoms with van der Waals surface area (Å²) in [7, 11) is 1.76. The number of aromatic nitrogens is 1. The molecule has 0 radical (unpaired) electrons. The van der Waals surface area contributed by atoms with Crippen molar-refractivity contribution >= 4 is 16.8 Å². The highest BCUT2D eigenvalue weighted by Crippen LogP contribution is 2.18. The fourth-order valence-electron chi connectivity index (χ4n) is 1.81. The summed E-state index contributed by atoms with van der Waals surface area (Å²) in [5, 5.41) is 1.16. The number of H-pyrrole nitrogens is 1. The zero-order valence-corrected chi connectivity index (χ0v) is 9.95. The van der Waals surface area contributed by atoms with Gasteiger partial charge in [-0.3, -0.25) is 4.79 Å². The number of carbonyl (C=O) groups is 1. The van der Waals surface area contributed by atoms with Gasteiger partial charge in [0.1, 0.15) is 0 Å². The summed E-state index contributed by atoms with van der Waals surface area (Å²) in [5.74, 6) is 5.00. The summed E-state index contributed by atoms with van der Waals surface area (Å²) in [5.41, 5.74) is 2.18. The van der Waals surface area contributed by atoms with Gasteiger partial charge >= 0.3 is 0 Å². The van der Waals surface area contributed by atoms with E-state index in [9.17, 15) is 4.79 Å². The largest absolute Gasteiger partial charge is 0.361 e. The van der Waals surface area contributed by atoms with Crippen molar-refractivity contribution in [1.82, 2.24) is 9.88 Å². The van der Waals surface area contributed by atoms with Gasteiger partial charge in [0.05, 0.1) is 5.52 Å². The van der Waals surface area contributed by atoms with Crippen molar-refractivity contribution in [2.75, 3.05) is 7.05 Å². The van der Waals surface area contributed by atoms with Crippen LogP contribution < -0.4 is 0 Å². The van der Waals surface area contributed by atoms with Crippen LogP contribution in [-0.2, 0) is 11.3 Å². The monoisotopic (exact) mass is 226 g/mol. The van der Waals surface area contributed by atoms with Crippen LogP contribution in [-0.4, -0.2) is 22.8 Å². The fourth-order valence-corrected chi connectivity index (χ4v) is 1.81. The molecule has 0 saturated carbocycles. The van der Waals surface area contributed by atoms with E-state index in [1.165, 1.54) is 0 Å². The summed E-state index contributed by atoms with van der Waals surface area (Å²) in [6.07, 6.45) is 1.90. The van der Waals surface area contributed by atoms with Crippen LogP contribution >= 0.6 is 0 Å². The normalized spacial score (nSPS) is 9.76. The molecule has 0 atom stereocenters.